The van der Waals surface area contributed by atoms with Crippen molar-refractivity contribution in [2.45, 2.75) is 32.7 Å². The smallest absolute Gasteiger partial charge is 0.418 e. The number of nitrogens with zero attached hydrogens (tertiary/aromatic N) is 1. The number of allylic oxidation sites excluding steroid dienone is 2. The van der Waals surface area contributed by atoms with Crippen LogP contribution in [0.15, 0.2) is 18.4 Å². The molecule has 1 heterocycles. The van der Waals surface area contributed by atoms with Crippen LogP contribution in [0.1, 0.15) is 26.7 Å². The van der Waals surface area contributed by atoms with E-state index < -0.39 is 7.25 Å². The summed E-state index contributed by atoms with van der Waals surface area (Å²) in [7, 11) is -6.00. The Kier molecular flexibility index (Phi) is 6.82. The van der Waals surface area contributed by atoms with Crippen molar-refractivity contribution in [2.75, 3.05) is 6.54 Å². The summed E-state index contributed by atoms with van der Waals surface area (Å²) in [6, 6.07) is 0.534. The fourth-order valence-electron chi connectivity index (χ4n) is 1.18. The van der Waals surface area contributed by atoms with Gasteiger partial charge in [0.25, 0.3) is 0 Å². The summed E-state index contributed by atoms with van der Waals surface area (Å²) in [4.78, 5) is 2.35. The first-order valence-electron chi connectivity index (χ1n) is 5.23. The molecule has 6 heteroatoms. The largest absolute Gasteiger partial charge is 0.673 e. The second-order valence-corrected chi connectivity index (χ2v) is 3.48. The second-order valence-electron chi connectivity index (χ2n) is 3.48. The van der Waals surface area contributed by atoms with Gasteiger partial charge in [0.1, 0.15) is 6.20 Å². The molecular weight excluding hydrogens is 221 g/mol. The average molecular weight is 237 g/mol. The van der Waals surface area contributed by atoms with Crippen molar-refractivity contribution in [3.05, 3.63) is 24.4 Å². The summed E-state index contributed by atoms with van der Waals surface area (Å²) in [5.41, 5.74) is 0. The van der Waals surface area contributed by atoms with Gasteiger partial charge in [-0.2, -0.15) is 0 Å². The van der Waals surface area contributed by atoms with Crippen molar-refractivity contribution in [3.63, 3.8) is 0 Å². The highest BCUT2D eigenvalue weighted by Crippen LogP contribution is 2.08. The van der Waals surface area contributed by atoms with E-state index in [-0.39, 0.29) is 0 Å². The van der Waals surface area contributed by atoms with Crippen LogP contribution < -0.4 is 0 Å². The average Bonchev–Trinajstić information content (AvgIpc) is 2.14. The second kappa shape index (κ2) is 7.28. The minimum Gasteiger partial charge on any atom is -0.418 e. The first-order chi connectivity index (χ1) is 7.34. The van der Waals surface area contributed by atoms with E-state index in [2.05, 4.69) is 37.1 Å². The summed E-state index contributed by atoms with van der Waals surface area (Å²) in [6.45, 7) is 5.60. The number of hydrogen-bond acceptors (Lipinski definition) is 1. The fourth-order valence-corrected chi connectivity index (χ4v) is 1.18. The van der Waals surface area contributed by atoms with Gasteiger partial charge in [0.2, 0.25) is 0 Å². The van der Waals surface area contributed by atoms with Crippen molar-refractivity contribution in [2.24, 2.45) is 0 Å². The molecule has 0 saturated carbocycles. The molecule has 1 nitrogen and oxygen atoms in total. The van der Waals surface area contributed by atoms with Gasteiger partial charge < -0.3 is 17.3 Å². The van der Waals surface area contributed by atoms with Crippen LogP contribution in [-0.4, -0.2) is 24.7 Å². The minimum atomic E-state index is -6.00. The Hall–Kier alpha value is -1.03. The highest BCUT2D eigenvalue weighted by Gasteiger charge is 2.20. The van der Waals surface area contributed by atoms with Crippen molar-refractivity contribution in [1.29, 1.82) is 0 Å². The molecule has 1 aliphatic heterocycles. The van der Waals surface area contributed by atoms with E-state index in [1.807, 2.05) is 6.08 Å². The summed E-state index contributed by atoms with van der Waals surface area (Å²) in [5.74, 6) is 0. The quantitative estimate of drug-likeness (QED) is 0.411. The third-order valence-corrected chi connectivity index (χ3v) is 1.99. The molecule has 16 heavy (non-hydrogen) atoms. The molecule has 1 atom stereocenters. The lowest BCUT2D eigenvalue weighted by Gasteiger charge is -2.20. The summed E-state index contributed by atoms with van der Waals surface area (Å²) in [6.07, 6.45) is 11.9. The summed E-state index contributed by atoms with van der Waals surface area (Å²) in [5, 5.41) is 0. The van der Waals surface area contributed by atoms with Crippen LogP contribution in [0.25, 0.3) is 0 Å². The first kappa shape index (κ1) is 15.0. The van der Waals surface area contributed by atoms with Crippen LogP contribution in [0.5, 0.6) is 0 Å². The van der Waals surface area contributed by atoms with E-state index in [1.54, 1.807) is 0 Å². The highest BCUT2D eigenvalue weighted by molar-refractivity contribution is 6.50. The highest BCUT2D eigenvalue weighted by atomic mass is 19.5. The van der Waals surface area contributed by atoms with Gasteiger partial charge in [0.15, 0.2) is 6.08 Å². The molecule has 0 bridgehead atoms. The van der Waals surface area contributed by atoms with Gasteiger partial charge >= 0.3 is 7.25 Å². The van der Waals surface area contributed by atoms with Crippen molar-refractivity contribution in [3.8, 4) is 0 Å². The molecule has 0 aromatic carbocycles. The van der Waals surface area contributed by atoms with Crippen molar-refractivity contribution in [1.82, 2.24) is 4.90 Å². The van der Waals surface area contributed by atoms with Crippen molar-refractivity contribution < 1.29 is 17.3 Å². The predicted octanol–water partition coefficient (Wildman–Crippen LogP) is 3.66. The maximum Gasteiger partial charge on any atom is 0.673 e. The molecule has 1 unspecified atom stereocenters. The summed E-state index contributed by atoms with van der Waals surface area (Å²) < 4.78 is 39.0. The predicted molar refractivity (Wildman–Crippen MR) is 58.2 cm³/mol. The van der Waals surface area contributed by atoms with Gasteiger partial charge in [0, 0.05) is 6.54 Å². The molecule has 0 aromatic rings. The summed E-state index contributed by atoms with van der Waals surface area (Å²) >= 11 is 0. The van der Waals surface area contributed by atoms with Crippen molar-refractivity contribution >= 4 is 7.25 Å². The molecule has 0 N–H and O–H groups in total. The van der Waals surface area contributed by atoms with Crippen LogP contribution in [0.3, 0.4) is 0 Å². The zero-order chi connectivity index (χ0) is 12.6. The third-order valence-electron chi connectivity index (χ3n) is 1.99. The van der Waals surface area contributed by atoms with Gasteiger partial charge in [-0.25, -0.2) is 0 Å². The molecule has 92 valence electrons. The van der Waals surface area contributed by atoms with Gasteiger partial charge in [-0.1, -0.05) is 13.3 Å². The molecular formula is C10H16BF4N. The van der Waals surface area contributed by atoms with E-state index >= 15 is 0 Å². The maximum atomic E-state index is 9.75. The monoisotopic (exact) mass is 237 g/mol. The number of hydrogen-bond donors (Lipinski definition) is 0. The Morgan fingerprint density at radius 3 is 2.31 bits per heavy atom. The third kappa shape index (κ3) is 9.53. The fraction of sp³-hybridized carbons (Fsp3) is 0.600. The standard InChI is InChI=1S/C10H16N.BF4/c1-3-4-8-11-9-6-5-7-10(11)2;2-1(3,4)5/h6-7,9-10H,3-4,8H2,1-2H3;/q+1;-1. The Morgan fingerprint density at radius 2 is 1.88 bits per heavy atom. The lowest BCUT2D eigenvalue weighted by molar-refractivity contribution is 0.325. The minimum absolute atomic E-state index is 0.534. The lowest BCUT2D eigenvalue weighted by atomic mass is 10.2. The normalized spacial score (nSPS) is 18.9. The molecule has 0 aromatic heterocycles. The Bertz CT molecular complexity index is 231. The molecule has 0 fully saturated rings. The molecule has 0 amide bonds. The van der Waals surface area contributed by atoms with E-state index in [9.17, 15) is 17.3 Å². The van der Waals surface area contributed by atoms with Crippen LogP contribution >= 0.6 is 0 Å². The number of rotatable bonds is 3. The molecule has 0 radical (unpaired) electrons. The zero-order valence-corrected chi connectivity index (χ0v) is 9.47. The first-order valence-corrected chi connectivity index (χ1v) is 5.23. The number of halogens is 4. The van der Waals surface area contributed by atoms with Gasteiger partial charge in [0.05, 0.1) is 18.2 Å². The Morgan fingerprint density at radius 1 is 1.31 bits per heavy atom. The molecule has 1 rings (SSSR count). The van der Waals surface area contributed by atoms with E-state index in [0.29, 0.717) is 6.04 Å². The number of unbranched alkanes of at least 4 members (excludes halogenated alkanes) is 1. The SMILES string of the molecule is CCCCN1C=C[C+]=CC1C.F[B-](F)(F)F. The maximum absolute atomic E-state index is 9.75. The lowest BCUT2D eigenvalue weighted by Crippen LogP contribution is -2.28. The van der Waals surface area contributed by atoms with Gasteiger partial charge in [-0.15, -0.1) is 0 Å². The van der Waals surface area contributed by atoms with Gasteiger partial charge in [-0.05, 0) is 13.3 Å². The zero-order valence-electron chi connectivity index (χ0n) is 9.47. The van der Waals surface area contributed by atoms with E-state index in [4.69, 9.17) is 0 Å². The molecule has 0 spiro atoms. The van der Waals surface area contributed by atoms with Crippen LogP contribution in [0.2, 0.25) is 0 Å². The van der Waals surface area contributed by atoms with E-state index in [1.165, 1.54) is 19.4 Å². The van der Waals surface area contributed by atoms with Crippen LogP contribution in [0, 0.1) is 6.08 Å². The molecule has 0 aliphatic carbocycles. The topological polar surface area (TPSA) is 3.24 Å². The van der Waals surface area contributed by atoms with Crippen LogP contribution in [-0.2, 0) is 0 Å². The van der Waals surface area contributed by atoms with Gasteiger partial charge in [-0.3, -0.25) is 4.90 Å². The molecule has 1 aliphatic rings. The van der Waals surface area contributed by atoms with Crippen LogP contribution in [0.4, 0.5) is 17.3 Å². The van der Waals surface area contributed by atoms with E-state index in [0.717, 1.165) is 0 Å². The molecule has 0 saturated heterocycles. The Labute approximate surface area is 93.9 Å². The Balaban J connectivity index is 0.000000385.